The Morgan fingerprint density at radius 2 is 2.31 bits per heavy atom. The molecule has 0 atom stereocenters. The van der Waals surface area contributed by atoms with Crippen molar-refractivity contribution in [1.82, 2.24) is 0 Å². The predicted molar refractivity (Wildman–Crippen MR) is 47.4 cm³/mol. The highest BCUT2D eigenvalue weighted by Crippen LogP contribution is 2.21. The number of nitrogens with zero attached hydrogens (tertiary/aromatic N) is 2. The molecule has 1 aromatic rings. The van der Waals surface area contributed by atoms with Gasteiger partial charge in [0.2, 0.25) is 0 Å². The molecule has 1 aromatic carbocycles. The maximum Gasteiger partial charge on any atom is 0.289 e. The molecule has 0 aliphatic heterocycles. The van der Waals surface area contributed by atoms with E-state index in [1.165, 1.54) is 12.1 Å². The minimum atomic E-state index is -0.570. The first-order valence-electron chi connectivity index (χ1n) is 3.55. The molecule has 13 heavy (non-hydrogen) atoms. The summed E-state index contributed by atoms with van der Waals surface area (Å²) in [7, 11) is 1.66. The first-order valence-corrected chi connectivity index (χ1v) is 3.55. The molecule has 1 rings (SSSR count). The van der Waals surface area contributed by atoms with Gasteiger partial charge in [-0.3, -0.25) is 10.1 Å². The van der Waals surface area contributed by atoms with Crippen molar-refractivity contribution in [2.24, 2.45) is 0 Å². The van der Waals surface area contributed by atoms with Gasteiger partial charge in [0.05, 0.1) is 4.92 Å². The molecule has 0 aromatic heterocycles. The Balaban J connectivity index is 3.28. The second-order valence-corrected chi connectivity index (χ2v) is 2.35. The molecule has 0 bridgehead atoms. The Kier molecular flexibility index (Phi) is 2.45. The molecule has 0 radical (unpaired) electrons. The predicted octanol–water partition coefficient (Wildman–Crippen LogP) is 1.51. The zero-order chi connectivity index (χ0) is 9.84. The van der Waals surface area contributed by atoms with Crippen molar-refractivity contribution in [3.05, 3.63) is 33.9 Å². The van der Waals surface area contributed by atoms with Crippen LogP contribution in [0.2, 0.25) is 0 Å². The Labute approximate surface area is 74.8 Å². The Bertz CT molecular complexity index is 381. The molecular formula is C8H7N3O2. The van der Waals surface area contributed by atoms with Crippen molar-refractivity contribution >= 4 is 11.4 Å². The molecule has 1 N–H and O–H groups in total. The second kappa shape index (κ2) is 3.54. The lowest BCUT2D eigenvalue weighted by Gasteiger charge is -1.99. The fraction of sp³-hybridized carbons (Fsp3) is 0.125. The van der Waals surface area contributed by atoms with Gasteiger partial charge in [-0.2, -0.15) is 5.26 Å². The van der Waals surface area contributed by atoms with Crippen molar-refractivity contribution in [3.63, 3.8) is 0 Å². The second-order valence-electron chi connectivity index (χ2n) is 2.35. The van der Waals surface area contributed by atoms with Crippen molar-refractivity contribution in [1.29, 1.82) is 5.26 Å². The summed E-state index contributed by atoms with van der Waals surface area (Å²) in [6, 6.07) is 6.13. The molecule has 66 valence electrons. The number of nitrogens with one attached hydrogen (secondary N) is 1. The number of hydrogen-bond acceptors (Lipinski definition) is 4. The molecule has 0 fully saturated rings. The minimum Gasteiger partial charge on any atom is -0.388 e. The number of rotatable bonds is 2. The van der Waals surface area contributed by atoms with Crippen LogP contribution in [0, 0.1) is 21.4 Å². The molecule has 0 aliphatic rings. The first-order chi connectivity index (χ1) is 6.19. The van der Waals surface area contributed by atoms with Crippen LogP contribution in [0.4, 0.5) is 11.4 Å². The minimum absolute atomic E-state index is 0.0731. The number of benzene rings is 1. The molecule has 5 heteroatoms. The Morgan fingerprint density at radius 1 is 1.62 bits per heavy atom. The van der Waals surface area contributed by atoms with E-state index in [1.54, 1.807) is 19.2 Å². The van der Waals surface area contributed by atoms with Crippen molar-refractivity contribution in [2.75, 3.05) is 12.4 Å². The summed E-state index contributed by atoms with van der Waals surface area (Å²) in [6.07, 6.45) is 0. The van der Waals surface area contributed by atoms with Crippen molar-refractivity contribution in [2.45, 2.75) is 0 Å². The van der Waals surface area contributed by atoms with Crippen LogP contribution < -0.4 is 5.32 Å². The third kappa shape index (κ3) is 1.73. The summed E-state index contributed by atoms with van der Waals surface area (Å²) in [5.74, 6) is 0. The van der Waals surface area contributed by atoms with Crippen LogP contribution in [-0.4, -0.2) is 12.0 Å². The molecule has 0 amide bonds. The fourth-order valence-electron chi connectivity index (χ4n) is 0.933. The smallest absolute Gasteiger partial charge is 0.289 e. The average molecular weight is 177 g/mol. The van der Waals surface area contributed by atoms with Crippen LogP contribution in [0.15, 0.2) is 18.2 Å². The van der Waals surface area contributed by atoms with E-state index in [9.17, 15) is 10.1 Å². The van der Waals surface area contributed by atoms with E-state index in [4.69, 9.17) is 5.26 Å². The molecule has 0 heterocycles. The summed E-state index contributed by atoms with van der Waals surface area (Å²) in [5, 5.41) is 21.8. The zero-order valence-electron chi connectivity index (χ0n) is 6.94. The maximum absolute atomic E-state index is 10.5. The lowest BCUT2D eigenvalue weighted by molar-refractivity contribution is -0.385. The van der Waals surface area contributed by atoms with E-state index in [1.807, 2.05) is 0 Å². The summed E-state index contributed by atoms with van der Waals surface area (Å²) < 4.78 is 0. The van der Waals surface area contributed by atoms with Gasteiger partial charge >= 0.3 is 0 Å². The van der Waals surface area contributed by atoms with Crippen LogP contribution in [0.1, 0.15) is 5.56 Å². The maximum atomic E-state index is 10.5. The first kappa shape index (κ1) is 9.00. The van der Waals surface area contributed by atoms with E-state index in [2.05, 4.69) is 5.32 Å². The fourth-order valence-corrected chi connectivity index (χ4v) is 0.933. The third-order valence-electron chi connectivity index (χ3n) is 1.60. The van der Waals surface area contributed by atoms with Gasteiger partial charge in [0.1, 0.15) is 11.6 Å². The van der Waals surface area contributed by atoms with Crippen molar-refractivity contribution in [3.8, 4) is 6.07 Å². The Morgan fingerprint density at radius 3 is 2.77 bits per heavy atom. The topological polar surface area (TPSA) is 79.0 Å². The molecule has 0 saturated heterocycles. The van der Waals surface area contributed by atoms with Gasteiger partial charge in [-0.25, -0.2) is 0 Å². The average Bonchev–Trinajstić information content (AvgIpc) is 2.16. The highest BCUT2D eigenvalue weighted by Gasteiger charge is 2.13. The van der Waals surface area contributed by atoms with E-state index >= 15 is 0 Å². The van der Waals surface area contributed by atoms with Gasteiger partial charge < -0.3 is 5.32 Å². The van der Waals surface area contributed by atoms with Crippen LogP contribution in [0.25, 0.3) is 0 Å². The highest BCUT2D eigenvalue weighted by atomic mass is 16.6. The summed E-state index contributed by atoms with van der Waals surface area (Å²) in [5.41, 5.74) is 0.518. The van der Waals surface area contributed by atoms with Crippen LogP contribution in [-0.2, 0) is 0 Å². The van der Waals surface area contributed by atoms with E-state index in [0.717, 1.165) is 0 Å². The summed E-state index contributed by atoms with van der Waals surface area (Å²) in [6.45, 7) is 0. The van der Waals surface area contributed by atoms with E-state index in [0.29, 0.717) is 5.69 Å². The van der Waals surface area contributed by atoms with Gasteiger partial charge in [-0.1, -0.05) is 0 Å². The van der Waals surface area contributed by atoms with E-state index in [-0.39, 0.29) is 11.3 Å². The standard InChI is InChI=1S/C8H7N3O2/c1-10-7-3-2-6(5-9)8(4-7)11(12)13/h2-4,10H,1H3. The van der Waals surface area contributed by atoms with E-state index < -0.39 is 4.92 Å². The SMILES string of the molecule is CNc1ccc(C#N)c([N+](=O)[O-])c1. The molecule has 0 aliphatic carbocycles. The number of nitriles is 1. The molecule has 5 nitrogen and oxygen atoms in total. The van der Waals surface area contributed by atoms with Crippen LogP contribution in [0.3, 0.4) is 0 Å². The third-order valence-corrected chi connectivity index (χ3v) is 1.60. The van der Waals surface area contributed by atoms with Gasteiger partial charge in [0, 0.05) is 18.8 Å². The molecule has 0 unspecified atom stereocenters. The lowest BCUT2D eigenvalue weighted by atomic mass is 10.2. The normalized spacial score (nSPS) is 8.92. The van der Waals surface area contributed by atoms with Crippen LogP contribution >= 0.6 is 0 Å². The van der Waals surface area contributed by atoms with Gasteiger partial charge in [-0.05, 0) is 12.1 Å². The molecule has 0 saturated carbocycles. The largest absolute Gasteiger partial charge is 0.388 e. The summed E-state index contributed by atoms with van der Waals surface area (Å²) >= 11 is 0. The number of nitro benzene ring substituents is 1. The molecule has 0 spiro atoms. The van der Waals surface area contributed by atoms with Gasteiger partial charge in [-0.15, -0.1) is 0 Å². The van der Waals surface area contributed by atoms with Gasteiger partial charge in [0.15, 0.2) is 0 Å². The number of anilines is 1. The molecular weight excluding hydrogens is 170 g/mol. The number of nitro groups is 1. The highest BCUT2D eigenvalue weighted by molar-refractivity contribution is 5.58. The van der Waals surface area contributed by atoms with Crippen LogP contribution in [0.5, 0.6) is 0 Å². The quantitative estimate of drug-likeness (QED) is 0.548. The van der Waals surface area contributed by atoms with Gasteiger partial charge in [0.25, 0.3) is 5.69 Å². The van der Waals surface area contributed by atoms with Crippen molar-refractivity contribution < 1.29 is 4.92 Å². The monoisotopic (exact) mass is 177 g/mol. The Hall–Kier alpha value is -2.09. The lowest BCUT2D eigenvalue weighted by Crippen LogP contribution is -1.95. The summed E-state index contributed by atoms with van der Waals surface area (Å²) in [4.78, 5) is 9.91. The number of hydrogen-bond donors (Lipinski definition) is 1. The zero-order valence-corrected chi connectivity index (χ0v) is 6.94.